The van der Waals surface area contributed by atoms with Crippen molar-refractivity contribution in [2.24, 2.45) is 0 Å². The van der Waals surface area contributed by atoms with E-state index in [2.05, 4.69) is 11.2 Å². The first-order valence-corrected chi connectivity index (χ1v) is 6.20. The van der Waals surface area contributed by atoms with Crippen LogP contribution in [0.5, 0.6) is 5.75 Å². The summed E-state index contributed by atoms with van der Waals surface area (Å²) in [6.45, 7) is 2.97. The van der Waals surface area contributed by atoms with Gasteiger partial charge in [-0.25, -0.2) is 4.79 Å². The Morgan fingerprint density at radius 2 is 2.32 bits per heavy atom. The second kappa shape index (κ2) is 8.17. The zero-order chi connectivity index (χ0) is 14.1. The number of methoxy groups -OCH3 is 1. The Kier molecular flexibility index (Phi) is 6.48. The molecular formula is C15H19NO3. The van der Waals surface area contributed by atoms with Crippen LogP contribution in [0.25, 0.3) is 0 Å². The molecule has 0 saturated carbocycles. The molecule has 0 aliphatic heterocycles. The highest BCUT2D eigenvalue weighted by Crippen LogP contribution is 2.20. The van der Waals surface area contributed by atoms with Crippen molar-refractivity contribution in [3.05, 3.63) is 29.8 Å². The highest BCUT2D eigenvalue weighted by Gasteiger charge is 2.20. The van der Waals surface area contributed by atoms with Gasteiger partial charge in [0.1, 0.15) is 11.8 Å². The van der Waals surface area contributed by atoms with E-state index in [-0.39, 0.29) is 5.97 Å². The molecule has 102 valence electrons. The number of carbonyl (C=O) groups is 1. The van der Waals surface area contributed by atoms with Crippen LogP contribution in [0.1, 0.15) is 24.9 Å². The number of hydrogen-bond donors (Lipinski definition) is 1. The van der Waals surface area contributed by atoms with E-state index in [4.69, 9.17) is 15.9 Å². The van der Waals surface area contributed by atoms with Crippen LogP contribution >= 0.6 is 0 Å². The fourth-order valence-electron chi connectivity index (χ4n) is 1.62. The number of carbonyl (C=O) groups excluding carboxylic acids is 1. The van der Waals surface area contributed by atoms with Crippen molar-refractivity contribution in [3.63, 3.8) is 0 Å². The summed E-state index contributed by atoms with van der Waals surface area (Å²) in [7, 11) is 1.35. The lowest BCUT2D eigenvalue weighted by molar-refractivity contribution is -0.143. The lowest BCUT2D eigenvalue weighted by Gasteiger charge is -2.16. The molecule has 1 aromatic rings. The van der Waals surface area contributed by atoms with Gasteiger partial charge in [0.05, 0.1) is 20.3 Å². The summed E-state index contributed by atoms with van der Waals surface area (Å²) in [5.41, 5.74) is 0.774. The van der Waals surface area contributed by atoms with Gasteiger partial charge in [0.2, 0.25) is 0 Å². The average molecular weight is 261 g/mol. The van der Waals surface area contributed by atoms with Gasteiger partial charge in [-0.05, 0) is 24.1 Å². The lowest BCUT2D eigenvalue weighted by Crippen LogP contribution is -2.29. The number of benzene rings is 1. The molecule has 0 aliphatic carbocycles. The van der Waals surface area contributed by atoms with Crippen molar-refractivity contribution in [1.82, 2.24) is 5.32 Å². The van der Waals surface area contributed by atoms with Crippen molar-refractivity contribution in [3.8, 4) is 18.1 Å². The van der Waals surface area contributed by atoms with Gasteiger partial charge in [-0.3, -0.25) is 5.32 Å². The van der Waals surface area contributed by atoms with Crippen LogP contribution in [0.15, 0.2) is 24.3 Å². The standard InChI is InChI=1S/C15H19NO3/c1-4-9-16-14(15(17)18-3)12-7-6-8-13(11-12)19-10-5-2/h1,6-8,11,14,16H,5,9-10H2,2-3H3. The summed E-state index contributed by atoms with van der Waals surface area (Å²) in [5, 5.41) is 2.95. The van der Waals surface area contributed by atoms with Gasteiger partial charge in [-0.15, -0.1) is 6.42 Å². The zero-order valence-corrected chi connectivity index (χ0v) is 11.3. The minimum atomic E-state index is -0.578. The number of nitrogens with one attached hydrogen (secondary N) is 1. The quantitative estimate of drug-likeness (QED) is 0.601. The maximum atomic E-state index is 11.7. The van der Waals surface area contributed by atoms with E-state index in [0.29, 0.717) is 13.2 Å². The summed E-state index contributed by atoms with van der Waals surface area (Å²) in [4.78, 5) is 11.7. The van der Waals surface area contributed by atoms with E-state index in [1.807, 2.05) is 31.2 Å². The summed E-state index contributed by atoms with van der Waals surface area (Å²) in [6, 6.07) is 6.78. The van der Waals surface area contributed by atoms with Gasteiger partial charge in [-0.1, -0.05) is 25.0 Å². The molecule has 1 unspecified atom stereocenters. The van der Waals surface area contributed by atoms with Crippen LogP contribution < -0.4 is 10.1 Å². The second-order valence-electron chi connectivity index (χ2n) is 3.96. The van der Waals surface area contributed by atoms with Gasteiger partial charge < -0.3 is 9.47 Å². The van der Waals surface area contributed by atoms with Gasteiger partial charge in [0.25, 0.3) is 0 Å². The molecule has 0 bridgehead atoms. The van der Waals surface area contributed by atoms with Crippen LogP contribution in [0.2, 0.25) is 0 Å². The molecule has 0 aliphatic rings. The molecule has 4 nitrogen and oxygen atoms in total. The van der Waals surface area contributed by atoms with Crippen LogP contribution in [0.3, 0.4) is 0 Å². The monoisotopic (exact) mass is 261 g/mol. The van der Waals surface area contributed by atoms with E-state index in [1.165, 1.54) is 7.11 Å². The highest BCUT2D eigenvalue weighted by atomic mass is 16.5. The van der Waals surface area contributed by atoms with E-state index in [1.54, 1.807) is 0 Å². The van der Waals surface area contributed by atoms with Crippen LogP contribution in [0.4, 0.5) is 0 Å². The summed E-state index contributed by atoms with van der Waals surface area (Å²) in [5.74, 6) is 2.81. The van der Waals surface area contributed by atoms with Crippen LogP contribution in [-0.2, 0) is 9.53 Å². The summed E-state index contributed by atoms with van der Waals surface area (Å²) >= 11 is 0. The van der Waals surface area contributed by atoms with E-state index in [0.717, 1.165) is 17.7 Å². The molecule has 0 heterocycles. The predicted molar refractivity (Wildman–Crippen MR) is 73.8 cm³/mol. The Bertz CT molecular complexity index is 451. The lowest BCUT2D eigenvalue weighted by atomic mass is 10.1. The number of rotatable bonds is 7. The molecule has 1 atom stereocenters. The fourth-order valence-corrected chi connectivity index (χ4v) is 1.62. The van der Waals surface area contributed by atoms with Crippen LogP contribution in [0, 0.1) is 12.3 Å². The third-order valence-electron chi connectivity index (χ3n) is 2.51. The SMILES string of the molecule is C#CCNC(C(=O)OC)c1cccc(OCCC)c1. The van der Waals surface area contributed by atoms with Gasteiger partial charge in [0.15, 0.2) is 0 Å². The molecule has 0 amide bonds. The third-order valence-corrected chi connectivity index (χ3v) is 2.51. The van der Waals surface area contributed by atoms with E-state index in [9.17, 15) is 4.79 Å². The number of ether oxygens (including phenoxy) is 2. The molecule has 1 rings (SSSR count). The van der Waals surface area contributed by atoms with E-state index >= 15 is 0 Å². The molecule has 0 spiro atoms. The maximum Gasteiger partial charge on any atom is 0.327 e. The highest BCUT2D eigenvalue weighted by molar-refractivity contribution is 5.77. The Morgan fingerprint density at radius 3 is 2.95 bits per heavy atom. The molecule has 0 aromatic heterocycles. The van der Waals surface area contributed by atoms with E-state index < -0.39 is 6.04 Å². The van der Waals surface area contributed by atoms with Crippen molar-refractivity contribution >= 4 is 5.97 Å². The number of esters is 1. The molecular weight excluding hydrogens is 242 g/mol. The van der Waals surface area contributed by atoms with Crippen molar-refractivity contribution in [2.75, 3.05) is 20.3 Å². The Labute approximate surface area is 114 Å². The summed E-state index contributed by atoms with van der Waals surface area (Å²) < 4.78 is 10.3. The smallest absolute Gasteiger partial charge is 0.327 e. The largest absolute Gasteiger partial charge is 0.494 e. The Balaban J connectivity index is 2.88. The van der Waals surface area contributed by atoms with Gasteiger partial charge in [-0.2, -0.15) is 0 Å². The maximum absolute atomic E-state index is 11.7. The second-order valence-corrected chi connectivity index (χ2v) is 3.96. The summed E-state index contributed by atoms with van der Waals surface area (Å²) in [6.07, 6.45) is 6.13. The normalized spacial score (nSPS) is 11.4. The van der Waals surface area contributed by atoms with Crippen molar-refractivity contribution < 1.29 is 14.3 Å². The molecule has 1 aromatic carbocycles. The minimum Gasteiger partial charge on any atom is -0.494 e. The first-order valence-electron chi connectivity index (χ1n) is 6.20. The van der Waals surface area contributed by atoms with Crippen molar-refractivity contribution in [2.45, 2.75) is 19.4 Å². The van der Waals surface area contributed by atoms with Gasteiger partial charge in [0, 0.05) is 0 Å². The molecule has 1 N–H and O–H groups in total. The zero-order valence-electron chi connectivity index (χ0n) is 11.3. The Morgan fingerprint density at radius 1 is 1.53 bits per heavy atom. The fraction of sp³-hybridized carbons (Fsp3) is 0.400. The predicted octanol–water partition coefficient (Wildman–Crippen LogP) is 1.91. The number of terminal acetylenes is 1. The Hall–Kier alpha value is -1.99. The third kappa shape index (κ3) is 4.65. The minimum absolute atomic E-state index is 0.291. The first-order chi connectivity index (χ1) is 9.22. The first kappa shape index (κ1) is 15.1. The van der Waals surface area contributed by atoms with Crippen molar-refractivity contribution in [1.29, 1.82) is 0 Å². The molecule has 0 radical (unpaired) electrons. The number of hydrogen-bond acceptors (Lipinski definition) is 4. The molecule has 4 heteroatoms. The van der Waals surface area contributed by atoms with Crippen LogP contribution in [-0.4, -0.2) is 26.2 Å². The molecule has 0 saturated heterocycles. The average Bonchev–Trinajstić information content (AvgIpc) is 2.45. The molecule has 19 heavy (non-hydrogen) atoms. The van der Waals surface area contributed by atoms with Gasteiger partial charge >= 0.3 is 5.97 Å². The molecule has 0 fully saturated rings. The topological polar surface area (TPSA) is 47.6 Å².